The van der Waals surface area contributed by atoms with Gasteiger partial charge in [0.2, 0.25) is 11.8 Å². The fraction of sp³-hybridized carbons (Fsp3) is 0.600. The summed E-state index contributed by atoms with van der Waals surface area (Å²) in [6.07, 6.45) is 2.89. The van der Waals surface area contributed by atoms with Crippen LogP contribution in [0.15, 0.2) is 12.1 Å². The first kappa shape index (κ1) is 20.6. The minimum absolute atomic E-state index is 0.00872. The quantitative estimate of drug-likeness (QED) is 0.817. The number of carbonyl (C=O) groups excluding carboxylic acids is 2. The molecule has 1 fully saturated rings. The van der Waals surface area contributed by atoms with E-state index in [1.165, 1.54) is 0 Å². The van der Waals surface area contributed by atoms with Crippen LogP contribution in [0.4, 0.5) is 5.69 Å². The summed E-state index contributed by atoms with van der Waals surface area (Å²) in [4.78, 5) is 24.9. The number of halogens is 1. The van der Waals surface area contributed by atoms with Crippen molar-refractivity contribution in [1.82, 2.24) is 5.32 Å². The Morgan fingerprint density at radius 2 is 1.62 bits per heavy atom. The van der Waals surface area contributed by atoms with E-state index in [2.05, 4.69) is 10.6 Å². The molecule has 0 aromatic heterocycles. The predicted molar refractivity (Wildman–Crippen MR) is 105 cm³/mol. The summed E-state index contributed by atoms with van der Waals surface area (Å²) in [5.41, 5.74) is 1.28. The molecule has 2 rings (SSSR count). The molecule has 0 aliphatic heterocycles. The SMILES string of the molecule is COc1cc(Cl)c(C)cc1NC(=O)C1CCC(C(=O)NC(C)(C)C)CC1. The van der Waals surface area contributed by atoms with Gasteiger partial charge in [-0.2, -0.15) is 0 Å². The third-order valence-corrected chi connectivity index (χ3v) is 5.11. The number of anilines is 1. The van der Waals surface area contributed by atoms with Crippen LogP contribution in [0.2, 0.25) is 5.02 Å². The second kappa shape index (κ2) is 8.30. The Balaban J connectivity index is 1.95. The van der Waals surface area contributed by atoms with E-state index in [4.69, 9.17) is 16.3 Å². The number of ether oxygens (including phenoxy) is 1. The summed E-state index contributed by atoms with van der Waals surface area (Å²) in [7, 11) is 1.55. The molecule has 0 atom stereocenters. The summed E-state index contributed by atoms with van der Waals surface area (Å²) in [6, 6.07) is 3.53. The average Bonchev–Trinajstić information content (AvgIpc) is 2.56. The summed E-state index contributed by atoms with van der Waals surface area (Å²) in [5.74, 6) is 0.512. The Kier molecular flexibility index (Phi) is 6.56. The van der Waals surface area contributed by atoms with Crippen LogP contribution in [-0.2, 0) is 9.59 Å². The lowest BCUT2D eigenvalue weighted by atomic mass is 9.81. The van der Waals surface area contributed by atoms with Gasteiger partial charge in [-0.3, -0.25) is 9.59 Å². The van der Waals surface area contributed by atoms with Crippen molar-refractivity contribution in [3.05, 3.63) is 22.7 Å². The zero-order valence-electron chi connectivity index (χ0n) is 16.2. The Morgan fingerprint density at radius 1 is 1.08 bits per heavy atom. The van der Waals surface area contributed by atoms with E-state index < -0.39 is 0 Å². The highest BCUT2D eigenvalue weighted by Gasteiger charge is 2.31. The number of carbonyl (C=O) groups is 2. The first-order valence-electron chi connectivity index (χ1n) is 9.07. The molecule has 5 nitrogen and oxygen atoms in total. The molecule has 2 N–H and O–H groups in total. The molecule has 144 valence electrons. The number of benzene rings is 1. The molecule has 0 unspecified atom stereocenters. The van der Waals surface area contributed by atoms with Gasteiger partial charge in [0.1, 0.15) is 5.75 Å². The van der Waals surface area contributed by atoms with E-state index in [-0.39, 0.29) is 29.2 Å². The van der Waals surface area contributed by atoms with Crippen molar-refractivity contribution in [1.29, 1.82) is 0 Å². The fourth-order valence-electron chi connectivity index (χ4n) is 3.25. The van der Waals surface area contributed by atoms with Crippen LogP contribution in [0.5, 0.6) is 5.75 Å². The van der Waals surface area contributed by atoms with E-state index in [0.29, 0.717) is 29.3 Å². The van der Waals surface area contributed by atoms with Gasteiger partial charge in [-0.05, 0) is 65.0 Å². The fourth-order valence-corrected chi connectivity index (χ4v) is 3.41. The van der Waals surface area contributed by atoms with E-state index in [0.717, 1.165) is 18.4 Å². The molecule has 0 spiro atoms. The van der Waals surface area contributed by atoms with E-state index in [9.17, 15) is 9.59 Å². The zero-order chi connectivity index (χ0) is 19.5. The highest BCUT2D eigenvalue weighted by molar-refractivity contribution is 6.31. The Morgan fingerprint density at radius 3 is 2.12 bits per heavy atom. The molecule has 1 aliphatic carbocycles. The average molecular weight is 381 g/mol. The first-order chi connectivity index (χ1) is 12.1. The van der Waals surface area contributed by atoms with Gasteiger partial charge in [0.15, 0.2) is 0 Å². The molecule has 2 amide bonds. The lowest BCUT2D eigenvalue weighted by molar-refractivity contribution is -0.129. The summed E-state index contributed by atoms with van der Waals surface area (Å²) in [6.45, 7) is 7.82. The normalized spacial score (nSPS) is 20.4. The van der Waals surface area contributed by atoms with Crippen molar-refractivity contribution in [3.63, 3.8) is 0 Å². The van der Waals surface area contributed by atoms with E-state index >= 15 is 0 Å². The second-order valence-electron chi connectivity index (χ2n) is 8.08. The standard InChI is InChI=1S/C20H29ClN2O3/c1-12-10-16(17(26-5)11-15(12)21)22-18(24)13-6-8-14(9-7-13)19(25)23-20(2,3)4/h10-11,13-14H,6-9H2,1-5H3,(H,22,24)(H,23,25). The van der Waals surface area contributed by atoms with Gasteiger partial charge in [0.25, 0.3) is 0 Å². The number of rotatable bonds is 4. The first-order valence-corrected chi connectivity index (χ1v) is 9.45. The van der Waals surface area contributed by atoms with Gasteiger partial charge in [-0.25, -0.2) is 0 Å². The van der Waals surface area contributed by atoms with Gasteiger partial charge in [-0.1, -0.05) is 11.6 Å². The van der Waals surface area contributed by atoms with Gasteiger partial charge in [-0.15, -0.1) is 0 Å². The maximum Gasteiger partial charge on any atom is 0.227 e. The van der Waals surface area contributed by atoms with Crippen LogP contribution >= 0.6 is 11.6 Å². The maximum atomic E-state index is 12.6. The molecule has 0 radical (unpaired) electrons. The van der Waals surface area contributed by atoms with Crippen LogP contribution in [-0.4, -0.2) is 24.5 Å². The zero-order valence-corrected chi connectivity index (χ0v) is 17.0. The van der Waals surface area contributed by atoms with Crippen LogP contribution in [0.1, 0.15) is 52.0 Å². The Hall–Kier alpha value is -1.75. The topological polar surface area (TPSA) is 67.4 Å². The largest absolute Gasteiger partial charge is 0.495 e. The smallest absolute Gasteiger partial charge is 0.227 e. The third kappa shape index (κ3) is 5.37. The molecular formula is C20H29ClN2O3. The van der Waals surface area contributed by atoms with Crippen molar-refractivity contribution in [2.75, 3.05) is 12.4 Å². The lowest BCUT2D eigenvalue weighted by Crippen LogP contribution is -2.45. The van der Waals surface area contributed by atoms with Crippen molar-refractivity contribution in [2.45, 2.75) is 58.9 Å². The Labute approximate surface area is 160 Å². The molecule has 1 aromatic rings. The number of hydrogen-bond donors (Lipinski definition) is 2. The number of methoxy groups -OCH3 is 1. The van der Waals surface area contributed by atoms with E-state index in [1.807, 2.05) is 33.8 Å². The van der Waals surface area contributed by atoms with Crippen LogP contribution in [0.25, 0.3) is 0 Å². The van der Waals surface area contributed by atoms with Gasteiger partial charge in [0, 0.05) is 28.5 Å². The van der Waals surface area contributed by atoms with Gasteiger partial charge in [0.05, 0.1) is 12.8 Å². The lowest BCUT2D eigenvalue weighted by Gasteiger charge is -2.30. The van der Waals surface area contributed by atoms with E-state index in [1.54, 1.807) is 13.2 Å². The van der Waals surface area contributed by atoms with Crippen molar-refractivity contribution >= 4 is 29.1 Å². The molecular weight excluding hydrogens is 352 g/mol. The highest BCUT2D eigenvalue weighted by Crippen LogP contribution is 2.34. The molecule has 0 heterocycles. The number of nitrogens with one attached hydrogen (secondary N) is 2. The van der Waals surface area contributed by atoms with Crippen molar-refractivity contribution in [3.8, 4) is 5.75 Å². The number of hydrogen-bond acceptors (Lipinski definition) is 3. The number of amides is 2. The van der Waals surface area contributed by atoms with Gasteiger partial charge < -0.3 is 15.4 Å². The minimum atomic E-state index is -0.228. The summed E-state index contributed by atoms with van der Waals surface area (Å²) in [5, 5.41) is 6.59. The maximum absolute atomic E-state index is 12.6. The second-order valence-corrected chi connectivity index (χ2v) is 8.49. The van der Waals surface area contributed by atoms with Crippen molar-refractivity contribution < 1.29 is 14.3 Å². The molecule has 1 aromatic carbocycles. The summed E-state index contributed by atoms with van der Waals surface area (Å²) >= 11 is 6.11. The van der Waals surface area contributed by atoms with Gasteiger partial charge >= 0.3 is 0 Å². The third-order valence-electron chi connectivity index (χ3n) is 4.71. The van der Waals surface area contributed by atoms with Crippen molar-refractivity contribution in [2.24, 2.45) is 11.8 Å². The minimum Gasteiger partial charge on any atom is -0.495 e. The number of aryl methyl sites for hydroxylation is 1. The van der Waals surface area contributed by atoms with Crippen LogP contribution < -0.4 is 15.4 Å². The Bertz CT molecular complexity index is 674. The van der Waals surface area contributed by atoms with Crippen LogP contribution in [0.3, 0.4) is 0 Å². The monoisotopic (exact) mass is 380 g/mol. The molecule has 26 heavy (non-hydrogen) atoms. The van der Waals surface area contributed by atoms with Crippen LogP contribution in [0, 0.1) is 18.8 Å². The molecule has 0 bridgehead atoms. The highest BCUT2D eigenvalue weighted by atomic mass is 35.5. The molecule has 1 aliphatic rings. The molecule has 0 saturated heterocycles. The summed E-state index contributed by atoms with van der Waals surface area (Å²) < 4.78 is 5.31. The predicted octanol–water partition coefficient (Wildman–Crippen LogP) is 4.32. The molecule has 1 saturated carbocycles. The molecule has 6 heteroatoms.